The van der Waals surface area contributed by atoms with E-state index >= 15 is 0 Å². The number of amides is 1. The molecule has 2 aromatic rings. The molecule has 0 bridgehead atoms. The van der Waals surface area contributed by atoms with Crippen LogP contribution in [0.2, 0.25) is 0 Å². The Morgan fingerprint density at radius 3 is 2.95 bits per heavy atom. The number of methoxy groups -OCH3 is 1. The molecular weight excluding hydrogens is 268 g/mol. The summed E-state index contributed by atoms with van der Waals surface area (Å²) in [6.07, 6.45) is 4.87. The number of carbonyl (C=O) groups is 1. The average molecular weight is 288 g/mol. The second-order valence-electron chi connectivity index (χ2n) is 4.74. The normalized spacial score (nSPS) is 10.4. The molecule has 3 N–H and O–H groups in total. The summed E-state index contributed by atoms with van der Waals surface area (Å²) in [4.78, 5) is 11.2. The van der Waals surface area contributed by atoms with E-state index in [4.69, 9.17) is 10.5 Å². The number of nitrogens with one attached hydrogen (secondary N) is 1. The minimum Gasteiger partial charge on any atom is -0.495 e. The SMILES string of the molecule is CCCn1cc(CNc2cc(C(N)=O)ccc2OC)cn1. The standard InChI is InChI=1S/C15H20N4O2/c1-3-6-19-10-11(9-18-19)8-17-13-7-12(15(16)20)4-5-14(13)21-2/h4-5,7,9-10,17H,3,6,8H2,1-2H3,(H2,16,20). The summed E-state index contributed by atoms with van der Waals surface area (Å²) in [5.74, 6) is 0.206. The Balaban J connectivity index is 2.10. The molecule has 6 heteroatoms. The number of aromatic nitrogens is 2. The van der Waals surface area contributed by atoms with Crippen LogP contribution in [0.4, 0.5) is 5.69 Å². The van der Waals surface area contributed by atoms with E-state index in [1.54, 1.807) is 25.3 Å². The molecule has 0 aliphatic heterocycles. The number of nitrogens with zero attached hydrogens (tertiary/aromatic N) is 2. The van der Waals surface area contributed by atoms with E-state index in [1.165, 1.54) is 0 Å². The molecule has 0 fully saturated rings. The van der Waals surface area contributed by atoms with Crippen LogP contribution in [0.15, 0.2) is 30.6 Å². The maximum atomic E-state index is 11.2. The predicted molar refractivity (Wildman–Crippen MR) is 81.4 cm³/mol. The second kappa shape index (κ2) is 6.78. The molecule has 1 aromatic carbocycles. The predicted octanol–water partition coefficient (Wildman–Crippen LogP) is 2.01. The van der Waals surface area contributed by atoms with E-state index in [1.807, 2.05) is 17.1 Å². The highest BCUT2D eigenvalue weighted by Crippen LogP contribution is 2.25. The number of aryl methyl sites for hydroxylation is 1. The van der Waals surface area contributed by atoms with Crippen molar-refractivity contribution in [2.45, 2.75) is 26.4 Å². The molecule has 0 saturated carbocycles. The Hall–Kier alpha value is -2.50. The van der Waals surface area contributed by atoms with Crippen LogP contribution in [0, 0.1) is 0 Å². The summed E-state index contributed by atoms with van der Waals surface area (Å²) in [5, 5.41) is 7.52. The van der Waals surface area contributed by atoms with Crippen LogP contribution in [0.5, 0.6) is 5.75 Å². The lowest BCUT2D eigenvalue weighted by molar-refractivity contribution is 0.100. The molecule has 1 amide bonds. The van der Waals surface area contributed by atoms with Crippen LogP contribution in [0.1, 0.15) is 29.3 Å². The van der Waals surface area contributed by atoms with Gasteiger partial charge in [0.1, 0.15) is 5.75 Å². The Labute approximate surface area is 123 Å². The van der Waals surface area contributed by atoms with Gasteiger partial charge < -0.3 is 15.8 Å². The van der Waals surface area contributed by atoms with Crippen LogP contribution in [-0.2, 0) is 13.1 Å². The first-order chi connectivity index (χ1) is 10.1. The Kier molecular flexibility index (Phi) is 4.81. The lowest BCUT2D eigenvalue weighted by atomic mass is 10.1. The van der Waals surface area contributed by atoms with Crippen LogP contribution < -0.4 is 15.8 Å². The number of ether oxygens (including phenoxy) is 1. The number of hydrogen-bond donors (Lipinski definition) is 2. The van der Waals surface area contributed by atoms with Crippen molar-refractivity contribution in [2.24, 2.45) is 5.73 Å². The Bertz CT molecular complexity index is 622. The molecule has 112 valence electrons. The summed E-state index contributed by atoms with van der Waals surface area (Å²) in [6.45, 7) is 3.61. The monoisotopic (exact) mass is 288 g/mol. The highest BCUT2D eigenvalue weighted by Gasteiger charge is 2.08. The van der Waals surface area contributed by atoms with Crippen molar-refractivity contribution in [3.63, 3.8) is 0 Å². The fourth-order valence-electron chi connectivity index (χ4n) is 2.05. The lowest BCUT2D eigenvalue weighted by Crippen LogP contribution is -2.11. The third kappa shape index (κ3) is 3.75. The maximum absolute atomic E-state index is 11.2. The van der Waals surface area contributed by atoms with Crippen LogP contribution in [0.25, 0.3) is 0 Å². The van der Waals surface area contributed by atoms with Gasteiger partial charge in [-0.3, -0.25) is 9.48 Å². The number of hydrogen-bond acceptors (Lipinski definition) is 4. The number of primary amides is 1. The molecule has 0 spiro atoms. The molecule has 1 aromatic heterocycles. The first-order valence-corrected chi connectivity index (χ1v) is 6.87. The van der Waals surface area contributed by atoms with Crippen molar-refractivity contribution in [3.8, 4) is 5.75 Å². The summed E-state index contributed by atoms with van der Waals surface area (Å²) in [6, 6.07) is 5.06. The number of nitrogens with two attached hydrogens (primary N) is 1. The van der Waals surface area contributed by atoms with E-state index in [0.29, 0.717) is 17.9 Å². The quantitative estimate of drug-likeness (QED) is 0.816. The second-order valence-corrected chi connectivity index (χ2v) is 4.74. The Morgan fingerprint density at radius 1 is 1.48 bits per heavy atom. The first-order valence-electron chi connectivity index (χ1n) is 6.87. The molecule has 0 unspecified atom stereocenters. The van der Waals surface area contributed by atoms with Gasteiger partial charge in [-0.2, -0.15) is 5.10 Å². The summed E-state index contributed by atoms with van der Waals surface area (Å²) < 4.78 is 7.19. The van der Waals surface area contributed by atoms with Gasteiger partial charge in [-0.15, -0.1) is 0 Å². The molecular formula is C15H20N4O2. The molecule has 21 heavy (non-hydrogen) atoms. The molecule has 2 rings (SSSR count). The highest BCUT2D eigenvalue weighted by atomic mass is 16.5. The summed E-state index contributed by atoms with van der Waals surface area (Å²) in [5.41, 5.74) is 7.54. The Morgan fingerprint density at radius 2 is 2.29 bits per heavy atom. The molecule has 0 aliphatic carbocycles. The van der Waals surface area contributed by atoms with E-state index in [0.717, 1.165) is 24.2 Å². The molecule has 0 aliphatic rings. The zero-order valence-electron chi connectivity index (χ0n) is 12.3. The topological polar surface area (TPSA) is 82.2 Å². The minimum atomic E-state index is -0.462. The van der Waals surface area contributed by atoms with Crippen molar-refractivity contribution < 1.29 is 9.53 Å². The lowest BCUT2D eigenvalue weighted by Gasteiger charge is -2.11. The number of benzene rings is 1. The minimum absolute atomic E-state index is 0.444. The van der Waals surface area contributed by atoms with E-state index in [2.05, 4.69) is 17.3 Å². The summed E-state index contributed by atoms with van der Waals surface area (Å²) >= 11 is 0. The zero-order chi connectivity index (χ0) is 15.2. The average Bonchev–Trinajstić information content (AvgIpc) is 2.92. The fourth-order valence-corrected chi connectivity index (χ4v) is 2.05. The molecule has 0 saturated heterocycles. The highest BCUT2D eigenvalue weighted by molar-refractivity contribution is 5.94. The zero-order valence-corrected chi connectivity index (χ0v) is 12.3. The molecule has 1 heterocycles. The van der Waals surface area contributed by atoms with Gasteiger partial charge in [0.05, 0.1) is 19.0 Å². The summed E-state index contributed by atoms with van der Waals surface area (Å²) in [7, 11) is 1.59. The maximum Gasteiger partial charge on any atom is 0.248 e. The number of anilines is 1. The van der Waals surface area contributed by atoms with Gasteiger partial charge in [0.15, 0.2) is 0 Å². The van der Waals surface area contributed by atoms with Crippen molar-refractivity contribution in [3.05, 3.63) is 41.7 Å². The third-order valence-corrected chi connectivity index (χ3v) is 3.11. The smallest absolute Gasteiger partial charge is 0.248 e. The van der Waals surface area contributed by atoms with Crippen molar-refractivity contribution >= 4 is 11.6 Å². The van der Waals surface area contributed by atoms with Crippen molar-refractivity contribution in [1.82, 2.24) is 9.78 Å². The molecule has 6 nitrogen and oxygen atoms in total. The van der Waals surface area contributed by atoms with Crippen molar-refractivity contribution in [2.75, 3.05) is 12.4 Å². The molecule has 0 radical (unpaired) electrons. The van der Waals surface area contributed by atoms with E-state index < -0.39 is 5.91 Å². The van der Waals surface area contributed by atoms with E-state index in [-0.39, 0.29) is 0 Å². The fraction of sp³-hybridized carbons (Fsp3) is 0.333. The van der Waals surface area contributed by atoms with Crippen LogP contribution >= 0.6 is 0 Å². The van der Waals surface area contributed by atoms with Gasteiger partial charge >= 0.3 is 0 Å². The van der Waals surface area contributed by atoms with Crippen LogP contribution in [-0.4, -0.2) is 22.8 Å². The first kappa shape index (κ1) is 14.9. The van der Waals surface area contributed by atoms with Gasteiger partial charge in [-0.25, -0.2) is 0 Å². The van der Waals surface area contributed by atoms with Gasteiger partial charge in [-0.1, -0.05) is 6.92 Å². The van der Waals surface area contributed by atoms with E-state index in [9.17, 15) is 4.79 Å². The third-order valence-electron chi connectivity index (χ3n) is 3.11. The van der Waals surface area contributed by atoms with Gasteiger partial charge in [0.2, 0.25) is 5.91 Å². The number of rotatable bonds is 7. The van der Waals surface area contributed by atoms with Crippen molar-refractivity contribution in [1.29, 1.82) is 0 Å². The van der Waals surface area contributed by atoms with Crippen LogP contribution in [0.3, 0.4) is 0 Å². The van der Waals surface area contributed by atoms with Gasteiger partial charge in [-0.05, 0) is 24.6 Å². The number of carbonyl (C=O) groups excluding carboxylic acids is 1. The van der Waals surface area contributed by atoms with Gasteiger partial charge in [0, 0.05) is 30.4 Å². The van der Waals surface area contributed by atoms with Gasteiger partial charge in [0.25, 0.3) is 0 Å². The molecule has 0 atom stereocenters. The largest absolute Gasteiger partial charge is 0.495 e.